The second kappa shape index (κ2) is 8.82. The van der Waals surface area contributed by atoms with Crippen molar-refractivity contribution in [3.63, 3.8) is 0 Å². The highest BCUT2D eigenvalue weighted by Crippen LogP contribution is 2.28. The molecule has 0 atom stereocenters. The number of nitrogens with one attached hydrogen (secondary N) is 1. The van der Waals surface area contributed by atoms with Crippen LogP contribution in [-0.4, -0.2) is 54.1 Å². The quantitative estimate of drug-likeness (QED) is 0.477. The maximum absolute atomic E-state index is 12.5. The number of rotatable bonds is 7. The molecule has 3 N–H and O–H groups in total. The van der Waals surface area contributed by atoms with Gasteiger partial charge in [-0.05, 0) is 25.7 Å². The first-order valence-electron chi connectivity index (χ1n) is 9.10. The molecule has 1 aliphatic carbocycles. The van der Waals surface area contributed by atoms with Crippen molar-refractivity contribution in [2.75, 3.05) is 38.6 Å². The van der Waals surface area contributed by atoms with E-state index in [-0.39, 0.29) is 17.3 Å². The van der Waals surface area contributed by atoms with E-state index in [0.29, 0.717) is 5.03 Å². The number of aromatic nitrogens is 2. The normalized spacial score (nSPS) is 18.1. The van der Waals surface area contributed by atoms with Crippen molar-refractivity contribution < 1.29 is 14.4 Å². The average molecular weight is 367 g/mol. The monoisotopic (exact) mass is 367 g/mol. The van der Waals surface area contributed by atoms with E-state index in [2.05, 4.69) is 4.98 Å². The van der Waals surface area contributed by atoms with Gasteiger partial charge in [-0.3, -0.25) is 9.36 Å². The Morgan fingerprint density at radius 3 is 2.80 bits per heavy atom. The zero-order valence-electron chi connectivity index (χ0n) is 14.6. The first-order valence-corrected chi connectivity index (χ1v) is 10.1. The minimum atomic E-state index is -0.381. The van der Waals surface area contributed by atoms with Crippen LogP contribution in [0.15, 0.2) is 9.82 Å². The van der Waals surface area contributed by atoms with Crippen LogP contribution < -0.4 is 16.3 Å². The average Bonchev–Trinajstić information content (AvgIpc) is 2.62. The first-order chi connectivity index (χ1) is 12.1. The van der Waals surface area contributed by atoms with Gasteiger partial charge in [0.2, 0.25) is 5.91 Å². The van der Waals surface area contributed by atoms with E-state index < -0.39 is 0 Å². The number of primary amides is 1. The van der Waals surface area contributed by atoms with Gasteiger partial charge < -0.3 is 15.4 Å². The van der Waals surface area contributed by atoms with Crippen molar-refractivity contribution in [2.45, 2.75) is 43.7 Å². The van der Waals surface area contributed by atoms with Crippen LogP contribution >= 0.6 is 11.8 Å². The van der Waals surface area contributed by atoms with Crippen LogP contribution in [0.5, 0.6) is 0 Å². The van der Waals surface area contributed by atoms with Gasteiger partial charge in [0.05, 0.1) is 25.5 Å². The molecule has 1 saturated heterocycles. The Kier molecular flexibility index (Phi) is 6.50. The minimum absolute atomic E-state index is 0.170. The number of quaternary nitrogens is 1. The molecule has 0 aromatic carbocycles. The van der Waals surface area contributed by atoms with Crippen LogP contribution in [0.25, 0.3) is 0 Å². The van der Waals surface area contributed by atoms with E-state index in [1.54, 1.807) is 4.90 Å². The van der Waals surface area contributed by atoms with Gasteiger partial charge in [0.25, 0.3) is 0 Å². The Balaban J connectivity index is 1.72. The number of hydrogen-bond donors (Lipinski definition) is 2. The number of nitrogens with two attached hydrogens (primary N) is 1. The maximum Gasteiger partial charge on any atom is 0.348 e. The fourth-order valence-electron chi connectivity index (χ4n) is 3.63. The first kappa shape index (κ1) is 18.4. The third-order valence-electron chi connectivity index (χ3n) is 4.91. The Hall–Kier alpha value is -1.38. The number of thioether (sulfide) groups is 1. The molecule has 0 bridgehead atoms. The predicted octanol–water partition coefficient (Wildman–Crippen LogP) is -0.995. The number of carbonyl (C=O) groups is 1. The van der Waals surface area contributed by atoms with E-state index in [9.17, 15) is 9.59 Å². The zero-order chi connectivity index (χ0) is 17.6. The number of amides is 1. The maximum atomic E-state index is 12.5. The van der Waals surface area contributed by atoms with E-state index in [1.165, 1.54) is 11.8 Å². The fraction of sp³-hybridized carbons (Fsp3) is 0.706. The summed E-state index contributed by atoms with van der Waals surface area (Å²) in [5.41, 5.74) is 7.32. The number of hydrogen-bond acceptors (Lipinski definition) is 5. The highest BCUT2D eigenvalue weighted by Gasteiger charge is 2.21. The van der Waals surface area contributed by atoms with E-state index >= 15 is 0 Å². The van der Waals surface area contributed by atoms with Crippen molar-refractivity contribution in [3.05, 3.63) is 21.7 Å². The van der Waals surface area contributed by atoms with Gasteiger partial charge in [-0.2, -0.15) is 4.98 Å². The summed E-state index contributed by atoms with van der Waals surface area (Å²) in [4.78, 5) is 29.4. The van der Waals surface area contributed by atoms with Gasteiger partial charge in [-0.1, -0.05) is 11.8 Å². The Labute approximate surface area is 151 Å². The molecule has 0 unspecified atom stereocenters. The molecule has 3 rings (SSSR count). The predicted molar refractivity (Wildman–Crippen MR) is 96.1 cm³/mol. The SMILES string of the molecule is NC(=O)CSc1nc(=O)n(CCC[NH+]2CCOCC2)c2c1CCCC2. The Bertz CT molecular complexity index is 671. The van der Waals surface area contributed by atoms with Crippen molar-refractivity contribution in [2.24, 2.45) is 5.73 Å². The van der Waals surface area contributed by atoms with Crippen molar-refractivity contribution in [1.82, 2.24) is 9.55 Å². The van der Waals surface area contributed by atoms with E-state index in [0.717, 1.165) is 82.8 Å². The molecule has 1 aromatic rings. The Morgan fingerprint density at radius 1 is 1.28 bits per heavy atom. The lowest BCUT2D eigenvalue weighted by atomic mass is 9.97. The minimum Gasteiger partial charge on any atom is -0.370 e. The topological polar surface area (TPSA) is 91.7 Å². The molecule has 25 heavy (non-hydrogen) atoms. The summed E-state index contributed by atoms with van der Waals surface area (Å²) in [6.07, 6.45) is 5.03. The lowest BCUT2D eigenvalue weighted by Gasteiger charge is -2.25. The second-order valence-electron chi connectivity index (χ2n) is 6.70. The summed E-state index contributed by atoms with van der Waals surface area (Å²) < 4.78 is 7.25. The fourth-order valence-corrected chi connectivity index (χ4v) is 4.45. The highest BCUT2D eigenvalue weighted by atomic mass is 32.2. The van der Waals surface area contributed by atoms with E-state index in [4.69, 9.17) is 10.5 Å². The lowest BCUT2D eigenvalue weighted by Crippen LogP contribution is -3.14. The summed E-state index contributed by atoms with van der Waals surface area (Å²) in [7, 11) is 0. The lowest BCUT2D eigenvalue weighted by molar-refractivity contribution is -0.908. The summed E-state index contributed by atoms with van der Waals surface area (Å²) in [5.74, 6) is -0.211. The van der Waals surface area contributed by atoms with Gasteiger partial charge in [0, 0.05) is 24.2 Å². The van der Waals surface area contributed by atoms with Crippen molar-refractivity contribution in [3.8, 4) is 0 Å². The molecule has 138 valence electrons. The number of nitrogens with zero attached hydrogens (tertiary/aromatic N) is 2. The van der Waals surface area contributed by atoms with Crippen LogP contribution in [-0.2, 0) is 28.9 Å². The number of ether oxygens (including phenoxy) is 1. The number of carbonyl (C=O) groups excluding carboxylic acids is 1. The molecule has 0 radical (unpaired) electrons. The second-order valence-corrected chi connectivity index (χ2v) is 7.67. The highest BCUT2D eigenvalue weighted by molar-refractivity contribution is 7.99. The van der Waals surface area contributed by atoms with Gasteiger partial charge in [0.1, 0.15) is 18.1 Å². The van der Waals surface area contributed by atoms with E-state index in [1.807, 2.05) is 4.57 Å². The van der Waals surface area contributed by atoms with Crippen LogP contribution in [0.3, 0.4) is 0 Å². The number of morpholine rings is 1. The van der Waals surface area contributed by atoms with Crippen LogP contribution in [0.4, 0.5) is 0 Å². The largest absolute Gasteiger partial charge is 0.370 e. The molecular formula is C17H27N4O3S+. The summed E-state index contributed by atoms with van der Waals surface area (Å²) >= 11 is 1.30. The molecule has 2 heterocycles. The smallest absolute Gasteiger partial charge is 0.348 e. The molecule has 8 heteroatoms. The van der Waals surface area contributed by atoms with Gasteiger partial charge >= 0.3 is 5.69 Å². The molecule has 1 amide bonds. The Morgan fingerprint density at radius 2 is 2.04 bits per heavy atom. The summed E-state index contributed by atoms with van der Waals surface area (Å²) in [6, 6.07) is 0. The molecular weight excluding hydrogens is 340 g/mol. The molecule has 7 nitrogen and oxygen atoms in total. The summed E-state index contributed by atoms with van der Waals surface area (Å²) in [6.45, 7) is 5.54. The van der Waals surface area contributed by atoms with Crippen molar-refractivity contribution in [1.29, 1.82) is 0 Å². The number of fused-ring (bicyclic) bond motifs is 1. The summed E-state index contributed by atoms with van der Waals surface area (Å²) in [5, 5.41) is 0.702. The van der Waals surface area contributed by atoms with Crippen LogP contribution in [0.2, 0.25) is 0 Å². The van der Waals surface area contributed by atoms with Gasteiger partial charge in [-0.15, -0.1) is 0 Å². The molecule has 1 aromatic heterocycles. The third-order valence-corrected chi connectivity index (χ3v) is 5.95. The van der Waals surface area contributed by atoms with Crippen LogP contribution in [0.1, 0.15) is 30.5 Å². The third kappa shape index (κ3) is 4.83. The molecule has 2 aliphatic rings. The van der Waals surface area contributed by atoms with Gasteiger partial charge in [0.15, 0.2) is 0 Å². The molecule has 0 spiro atoms. The molecule has 0 saturated carbocycles. The van der Waals surface area contributed by atoms with Crippen molar-refractivity contribution >= 4 is 17.7 Å². The molecule has 1 fully saturated rings. The molecule has 1 aliphatic heterocycles. The van der Waals surface area contributed by atoms with Gasteiger partial charge in [-0.25, -0.2) is 4.79 Å². The standard InChI is InChI=1S/C17H26N4O3S/c18-15(22)12-25-16-13-4-1-2-5-14(13)21(17(23)19-16)7-3-6-20-8-10-24-11-9-20/h1-12H2,(H2,18,22)/p+1. The zero-order valence-corrected chi connectivity index (χ0v) is 15.4. The van der Waals surface area contributed by atoms with Crippen LogP contribution in [0, 0.1) is 0 Å².